The lowest BCUT2D eigenvalue weighted by Crippen LogP contribution is -2.42. The second-order valence-corrected chi connectivity index (χ2v) is 6.97. The highest BCUT2D eigenvalue weighted by Gasteiger charge is 2.47. The SMILES string of the molecule is COC(=O)C[C@@H]1CC=C2c3ccc(OC)cc3CC[C@@H]2[C@@]1(C)C=O. The second kappa shape index (κ2) is 6.42. The molecule has 128 valence electrons. The molecule has 4 heteroatoms. The van der Waals surface area contributed by atoms with Gasteiger partial charge >= 0.3 is 5.97 Å². The molecule has 4 nitrogen and oxygen atoms in total. The van der Waals surface area contributed by atoms with E-state index in [4.69, 9.17) is 9.47 Å². The molecule has 0 amide bonds. The fourth-order valence-corrected chi connectivity index (χ4v) is 4.30. The Kier molecular flexibility index (Phi) is 4.48. The monoisotopic (exact) mass is 328 g/mol. The number of fused-ring (bicyclic) bond motifs is 3. The van der Waals surface area contributed by atoms with Gasteiger partial charge in [0.05, 0.1) is 14.2 Å². The molecule has 0 saturated heterocycles. The number of aldehydes is 1. The van der Waals surface area contributed by atoms with Crippen LogP contribution in [0.25, 0.3) is 5.57 Å². The molecule has 0 aromatic heterocycles. The average Bonchev–Trinajstić information content (AvgIpc) is 2.62. The van der Waals surface area contributed by atoms with E-state index in [1.54, 1.807) is 7.11 Å². The molecule has 0 fully saturated rings. The van der Waals surface area contributed by atoms with Crippen molar-refractivity contribution >= 4 is 17.8 Å². The Morgan fingerprint density at radius 3 is 2.83 bits per heavy atom. The van der Waals surface area contributed by atoms with Crippen LogP contribution in [-0.2, 0) is 20.7 Å². The first-order valence-electron chi connectivity index (χ1n) is 8.44. The van der Waals surface area contributed by atoms with Crippen molar-refractivity contribution in [2.24, 2.45) is 17.3 Å². The molecule has 0 spiro atoms. The summed E-state index contributed by atoms with van der Waals surface area (Å²) in [6.45, 7) is 2.00. The standard InChI is InChI=1S/C20H24O4/c1-20(12-21)14(11-19(22)24-3)5-7-17-16-8-6-15(23-2)10-13(16)4-9-18(17)20/h6-8,10,12,14,18H,4-5,9,11H2,1-3H3/t14-,18-,20-/m0/s1. The highest BCUT2D eigenvalue weighted by Crippen LogP contribution is 2.53. The summed E-state index contributed by atoms with van der Waals surface area (Å²) >= 11 is 0. The van der Waals surface area contributed by atoms with E-state index in [0.29, 0.717) is 6.42 Å². The molecular weight excluding hydrogens is 304 g/mol. The van der Waals surface area contributed by atoms with Crippen molar-refractivity contribution in [1.29, 1.82) is 0 Å². The van der Waals surface area contributed by atoms with Crippen LogP contribution in [0.4, 0.5) is 0 Å². The van der Waals surface area contributed by atoms with E-state index in [1.165, 1.54) is 23.8 Å². The van der Waals surface area contributed by atoms with Crippen LogP contribution in [0.3, 0.4) is 0 Å². The number of methoxy groups -OCH3 is 2. The number of hydrogen-bond donors (Lipinski definition) is 0. The largest absolute Gasteiger partial charge is 0.497 e. The van der Waals surface area contributed by atoms with Gasteiger partial charge in [-0.15, -0.1) is 0 Å². The number of ether oxygens (including phenoxy) is 2. The van der Waals surface area contributed by atoms with E-state index in [0.717, 1.165) is 31.3 Å². The second-order valence-electron chi connectivity index (χ2n) is 6.97. The highest BCUT2D eigenvalue weighted by atomic mass is 16.5. The minimum Gasteiger partial charge on any atom is -0.497 e. The van der Waals surface area contributed by atoms with E-state index in [-0.39, 0.29) is 17.8 Å². The maximum atomic E-state index is 12.0. The predicted octanol–water partition coefficient (Wildman–Crippen LogP) is 3.43. The molecule has 0 bridgehead atoms. The highest BCUT2D eigenvalue weighted by molar-refractivity contribution is 5.79. The Morgan fingerprint density at radius 2 is 2.17 bits per heavy atom. The number of carbonyl (C=O) groups excluding carboxylic acids is 2. The van der Waals surface area contributed by atoms with Crippen LogP contribution in [-0.4, -0.2) is 26.5 Å². The van der Waals surface area contributed by atoms with Crippen LogP contribution in [0.1, 0.15) is 37.3 Å². The van der Waals surface area contributed by atoms with Crippen molar-refractivity contribution in [3.8, 4) is 5.75 Å². The van der Waals surface area contributed by atoms with Gasteiger partial charge in [0.25, 0.3) is 0 Å². The molecule has 0 unspecified atom stereocenters. The molecule has 1 aromatic rings. The smallest absolute Gasteiger partial charge is 0.305 e. The zero-order valence-corrected chi connectivity index (χ0v) is 14.5. The minimum absolute atomic E-state index is 0.00371. The Hall–Kier alpha value is -2.10. The number of esters is 1. The van der Waals surface area contributed by atoms with Crippen molar-refractivity contribution in [2.45, 2.75) is 32.6 Å². The van der Waals surface area contributed by atoms with Crippen LogP contribution < -0.4 is 4.74 Å². The average molecular weight is 328 g/mol. The van der Waals surface area contributed by atoms with Crippen LogP contribution in [0.15, 0.2) is 24.3 Å². The molecule has 3 atom stereocenters. The zero-order valence-electron chi connectivity index (χ0n) is 14.5. The molecule has 24 heavy (non-hydrogen) atoms. The zero-order chi connectivity index (χ0) is 17.3. The molecule has 2 aliphatic rings. The van der Waals surface area contributed by atoms with E-state index in [1.807, 2.05) is 13.0 Å². The topological polar surface area (TPSA) is 52.6 Å². The van der Waals surface area contributed by atoms with E-state index in [2.05, 4.69) is 18.2 Å². The fourth-order valence-electron chi connectivity index (χ4n) is 4.30. The van der Waals surface area contributed by atoms with Crippen LogP contribution in [0.2, 0.25) is 0 Å². The van der Waals surface area contributed by atoms with Crippen molar-refractivity contribution in [3.63, 3.8) is 0 Å². The van der Waals surface area contributed by atoms with Gasteiger partial charge in [0.1, 0.15) is 12.0 Å². The third-order valence-corrected chi connectivity index (χ3v) is 5.85. The first-order valence-corrected chi connectivity index (χ1v) is 8.44. The molecule has 0 saturated carbocycles. The minimum atomic E-state index is -0.532. The summed E-state index contributed by atoms with van der Waals surface area (Å²) in [6, 6.07) is 6.16. The first kappa shape index (κ1) is 16.7. The van der Waals surface area contributed by atoms with Gasteiger partial charge in [-0.3, -0.25) is 4.79 Å². The summed E-state index contributed by atoms with van der Waals surface area (Å²) < 4.78 is 10.1. The number of carbonyl (C=O) groups is 2. The van der Waals surface area contributed by atoms with E-state index >= 15 is 0 Å². The van der Waals surface area contributed by atoms with Crippen molar-refractivity contribution in [2.75, 3.05) is 14.2 Å². The normalized spacial score (nSPS) is 28.2. The van der Waals surface area contributed by atoms with Crippen LogP contribution in [0, 0.1) is 17.3 Å². The number of benzene rings is 1. The number of aryl methyl sites for hydroxylation is 1. The summed E-state index contributed by atoms with van der Waals surface area (Å²) in [7, 11) is 3.07. The summed E-state index contributed by atoms with van der Waals surface area (Å²) in [4.78, 5) is 23.8. The van der Waals surface area contributed by atoms with Crippen molar-refractivity contribution in [1.82, 2.24) is 0 Å². The Labute approximate surface area is 142 Å². The first-order chi connectivity index (χ1) is 11.5. The molecular formula is C20H24O4. The van der Waals surface area contributed by atoms with Gasteiger partial charge in [-0.1, -0.05) is 19.1 Å². The summed E-state index contributed by atoms with van der Waals surface area (Å²) in [6.07, 6.45) is 6.13. The lowest BCUT2D eigenvalue weighted by atomic mass is 9.57. The van der Waals surface area contributed by atoms with Gasteiger partial charge in [0.15, 0.2) is 0 Å². The van der Waals surface area contributed by atoms with Crippen LogP contribution in [0.5, 0.6) is 5.75 Å². The molecule has 3 rings (SSSR count). The quantitative estimate of drug-likeness (QED) is 0.628. The lowest BCUT2D eigenvalue weighted by Gasteiger charge is -2.46. The maximum Gasteiger partial charge on any atom is 0.305 e. The van der Waals surface area contributed by atoms with Crippen LogP contribution >= 0.6 is 0 Å². The van der Waals surface area contributed by atoms with Gasteiger partial charge in [-0.2, -0.15) is 0 Å². The molecule has 2 aliphatic carbocycles. The molecule has 1 aromatic carbocycles. The van der Waals surface area contributed by atoms with Gasteiger partial charge in [0, 0.05) is 11.8 Å². The van der Waals surface area contributed by atoms with Crippen molar-refractivity contribution in [3.05, 3.63) is 35.4 Å². The Morgan fingerprint density at radius 1 is 1.38 bits per heavy atom. The van der Waals surface area contributed by atoms with E-state index in [9.17, 15) is 9.59 Å². The molecule has 0 heterocycles. The molecule has 0 N–H and O–H groups in total. The Balaban J connectivity index is 1.99. The molecule has 0 radical (unpaired) electrons. The summed E-state index contributed by atoms with van der Waals surface area (Å²) in [5.74, 6) is 0.770. The predicted molar refractivity (Wildman–Crippen MR) is 91.7 cm³/mol. The third kappa shape index (κ3) is 2.64. The number of rotatable bonds is 4. The fraction of sp³-hybridized carbons (Fsp3) is 0.500. The third-order valence-electron chi connectivity index (χ3n) is 5.85. The maximum absolute atomic E-state index is 12.0. The lowest BCUT2D eigenvalue weighted by molar-refractivity contribution is -0.143. The summed E-state index contributed by atoms with van der Waals surface area (Å²) in [5, 5.41) is 0. The number of allylic oxidation sites excluding steroid dienone is 2. The number of hydrogen-bond acceptors (Lipinski definition) is 4. The van der Waals surface area contributed by atoms with Gasteiger partial charge in [-0.05, 0) is 59.9 Å². The van der Waals surface area contributed by atoms with Gasteiger partial charge < -0.3 is 14.3 Å². The molecule has 0 aliphatic heterocycles. The van der Waals surface area contributed by atoms with E-state index < -0.39 is 5.41 Å². The van der Waals surface area contributed by atoms with Gasteiger partial charge in [-0.25, -0.2) is 0 Å². The Bertz CT molecular complexity index is 691. The summed E-state index contributed by atoms with van der Waals surface area (Å²) in [5.41, 5.74) is 3.21. The van der Waals surface area contributed by atoms with Gasteiger partial charge in [0.2, 0.25) is 0 Å². The van der Waals surface area contributed by atoms with Crippen molar-refractivity contribution < 1.29 is 19.1 Å².